The van der Waals surface area contributed by atoms with Crippen molar-refractivity contribution in [1.82, 2.24) is 15.3 Å². The van der Waals surface area contributed by atoms with Crippen molar-refractivity contribution >= 4 is 34.5 Å². The molecule has 29 heavy (non-hydrogen) atoms. The van der Waals surface area contributed by atoms with Crippen LogP contribution in [-0.4, -0.2) is 21.9 Å². The molecule has 3 amide bonds. The molecule has 0 aliphatic carbocycles. The molecule has 152 valence electrons. The number of aryl methyl sites for hydroxylation is 1. The molecular formula is C20H22FN5O3. The number of carbonyl (C=O) groups is 2. The van der Waals surface area contributed by atoms with Crippen LogP contribution in [0, 0.1) is 18.7 Å². The number of benzene rings is 1. The SMILES string of the molecule is CC(=O)Nc1ncc(NC(=O)NC(c2oc3ccc(F)cc3c2C)C(C)C)cn1. The molecule has 0 saturated carbocycles. The average Bonchev–Trinajstić information content (AvgIpc) is 2.97. The van der Waals surface area contributed by atoms with E-state index in [9.17, 15) is 14.0 Å². The largest absolute Gasteiger partial charge is 0.459 e. The maximum absolute atomic E-state index is 13.6. The van der Waals surface area contributed by atoms with Crippen LogP contribution in [0.15, 0.2) is 35.0 Å². The second-order valence-electron chi connectivity index (χ2n) is 7.03. The summed E-state index contributed by atoms with van der Waals surface area (Å²) < 4.78 is 19.5. The highest BCUT2D eigenvalue weighted by Gasteiger charge is 2.25. The summed E-state index contributed by atoms with van der Waals surface area (Å²) in [6.45, 7) is 7.08. The molecule has 1 atom stereocenters. The minimum atomic E-state index is -0.467. The summed E-state index contributed by atoms with van der Waals surface area (Å²) in [5.74, 6) is 0.108. The van der Waals surface area contributed by atoms with Gasteiger partial charge in [0.25, 0.3) is 0 Å². The number of carbonyl (C=O) groups excluding carboxylic acids is 2. The summed E-state index contributed by atoms with van der Waals surface area (Å²) in [7, 11) is 0. The average molecular weight is 399 g/mol. The van der Waals surface area contributed by atoms with E-state index in [1.165, 1.54) is 31.5 Å². The van der Waals surface area contributed by atoms with Gasteiger partial charge in [-0.2, -0.15) is 0 Å². The predicted molar refractivity (Wildman–Crippen MR) is 107 cm³/mol. The molecule has 0 bridgehead atoms. The Bertz CT molecular complexity index is 1050. The summed E-state index contributed by atoms with van der Waals surface area (Å²) >= 11 is 0. The van der Waals surface area contributed by atoms with Crippen molar-refractivity contribution in [3.05, 3.63) is 47.7 Å². The Morgan fingerprint density at radius 3 is 2.45 bits per heavy atom. The van der Waals surface area contributed by atoms with Gasteiger partial charge in [-0.15, -0.1) is 0 Å². The standard InChI is InChI=1S/C20H22FN5O3/c1-10(2)17(18-11(3)15-7-13(21)5-6-16(15)29-18)26-20(28)25-14-8-22-19(23-9-14)24-12(4)27/h5-10,17H,1-4H3,(H2,25,26,28)(H,22,23,24,27). The normalized spacial score (nSPS) is 12.1. The van der Waals surface area contributed by atoms with Crippen molar-refractivity contribution in [2.75, 3.05) is 10.6 Å². The molecule has 3 rings (SSSR count). The van der Waals surface area contributed by atoms with E-state index in [-0.39, 0.29) is 23.6 Å². The third-order valence-electron chi connectivity index (χ3n) is 4.37. The van der Waals surface area contributed by atoms with E-state index in [1.54, 1.807) is 6.07 Å². The number of nitrogens with zero attached hydrogens (tertiary/aromatic N) is 2. The van der Waals surface area contributed by atoms with Crippen LogP contribution in [-0.2, 0) is 4.79 Å². The van der Waals surface area contributed by atoms with Gasteiger partial charge < -0.3 is 15.1 Å². The number of anilines is 2. The molecule has 3 aromatic rings. The molecule has 2 aromatic heterocycles. The maximum atomic E-state index is 13.6. The van der Waals surface area contributed by atoms with E-state index in [2.05, 4.69) is 25.9 Å². The van der Waals surface area contributed by atoms with Gasteiger partial charge in [-0.3, -0.25) is 10.1 Å². The van der Waals surface area contributed by atoms with Crippen LogP contribution in [0.5, 0.6) is 0 Å². The first-order chi connectivity index (χ1) is 13.7. The molecule has 0 spiro atoms. The van der Waals surface area contributed by atoms with Gasteiger partial charge in [-0.05, 0) is 31.0 Å². The molecule has 2 heterocycles. The van der Waals surface area contributed by atoms with Crippen molar-refractivity contribution in [1.29, 1.82) is 0 Å². The van der Waals surface area contributed by atoms with Crippen LogP contribution in [0.3, 0.4) is 0 Å². The van der Waals surface area contributed by atoms with Crippen LogP contribution in [0.1, 0.15) is 38.1 Å². The molecule has 0 saturated heterocycles. The van der Waals surface area contributed by atoms with Crippen LogP contribution in [0.4, 0.5) is 20.8 Å². The summed E-state index contributed by atoms with van der Waals surface area (Å²) in [4.78, 5) is 31.4. The van der Waals surface area contributed by atoms with Crippen molar-refractivity contribution in [2.45, 2.75) is 33.7 Å². The third-order valence-corrected chi connectivity index (χ3v) is 4.37. The third kappa shape index (κ3) is 4.68. The van der Waals surface area contributed by atoms with E-state index in [1.807, 2.05) is 20.8 Å². The first kappa shape index (κ1) is 20.2. The predicted octanol–water partition coefficient (Wildman–Crippen LogP) is 4.15. The van der Waals surface area contributed by atoms with E-state index in [0.717, 1.165) is 5.56 Å². The number of nitrogens with one attached hydrogen (secondary N) is 3. The smallest absolute Gasteiger partial charge is 0.319 e. The van der Waals surface area contributed by atoms with Crippen molar-refractivity contribution in [2.24, 2.45) is 5.92 Å². The van der Waals surface area contributed by atoms with E-state index < -0.39 is 12.1 Å². The molecule has 8 nitrogen and oxygen atoms in total. The Kier molecular flexibility index (Phi) is 5.76. The van der Waals surface area contributed by atoms with Gasteiger partial charge in [0.05, 0.1) is 24.1 Å². The molecule has 1 aromatic carbocycles. The topological polar surface area (TPSA) is 109 Å². The van der Waals surface area contributed by atoms with Crippen LogP contribution < -0.4 is 16.0 Å². The van der Waals surface area contributed by atoms with Gasteiger partial charge in [-0.1, -0.05) is 13.8 Å². The summed E-state index contributed by atoms with van der Waals surface area (Å²) in [6.07, 6.45) is 2.77. The zero-order valence-electron chi connectivity index (χ0n) is 16.5. The minimum Gasteiger partial charge on any atom is -0.459 e. The van der Waals surface area contributed by atoms with Crippen LogP contribution >= 0.6 is 0 Å². The Morgan fingerprint density at radius 1 is 1.14 bits per heavy atom. The molecule has 0 aliphatic heterocycles. The lowest BCUT2D eigenvalue weighted by molar-refractivity contribution is -0.114. The second-order valence-corrected chi connectivity index (χ2v) is 7.03. The number of urea groups is 1. The number of fused-ring (bicyclic) bond motifs is 1. The summed E-state index contributed by atoms with van der Waals surface area (Å²) in [5, 5.41) is 8.66. The number of hydrogen-bond donors (Lipinski definition) is 3. The highest BCUT2D eigenvalue weighted by Crippen LogP contribution is 2.33. The number of hydrogen-bond acceptors (Lipinski definition) is 5. The molecule has 0 aliphatic rings. The van der Waals surface area contributed by atoms with E-state index in [4.69, 9.17) is 4.42 Å². The number of halogens is 1. The molecule has 0 radical (unpaired) electrons. The molecule has 9 heteroatoms. The number of furan rings is 1. The lowest BCUT2D eigenvalue weighted by Gasteiger charge is -2.21. The fourth-order valence-electron chi connectivity index (χ4n) is 2.97. The van der Waals surface area contributed by atoms with Crippen LogP contribution in [0.25, 0.3) is 11.0 Å². The Morgan fingerprint density at radius 2 is 1.83 bits per heavy atom. The van der Waals surface area contributed by atoms with Gasteiger partial charge in [-0.25, -0.2) is 19.2 Å². The van der Waals surface area contributed by atoms with Crippen LogP contribution in [0.2, 0.25) is 0 Å². The zero-order chi connectivity index (χ0) is 21.1. The monoisotopic (exact) mass is 399 g/mol. The van der Waals surface area contributed by atoms with Gasteiger partial charge in [0.2, 0.25) is 11.9 Å². The van der Waals surface area contributed by atoms with Gasteiger partial charge in [0, 0.05) is 17.9 Å². The number of rotatable bonds is 5. The Balaban J connectivity index is 1.76. The van der Waals surface area contributed by atoms with Crippen molar-refractivity contribution < 1.29 is 18.4 Å². The van der Waals surface area contributed by atoms with Gasteiger partial charge >= 0.3 is 6.03 Å². The number of aromatic nitrogens is 2. The fraction of sp³-hybridized carbons (Fsp3) is 0.300. The molecule has 0 fully saturated rings. The number of amides is 3. The second kappa shape index (κ2) is 8.26. The molecular weight excluding hydrogens is 377 g/mol. The first-order valence-electron chi connectivity index (χ1n) is 9.10. The summed E-state index contributed by atoms with van der Waals surface area (Å²) in [5.41, 5.74) is 1.71. The maximum Gasteiger partial charge on any atom is 0.319 e. The Labute approximate surface area is 166 Å². The van der Waals surface area contributed by atoms with Gasteiger partial charge in [0.15, 0.2) is 0 Å². The fourth-order valence-corrected chi connectivity index (χ4v) is 2.97. The molecule has 1 unspecified atom stereocenters. The highest BCUT2D eigenvalue weighted by atomic mass is 19.1. The quantitative estimate of drug-likeness (QED) is 0.597. The van der Waals surface area contributed by atoms with Crippen molar-refractivity contribution in [3.8, 4) is 0 Å². The van der Waals surface area contributed by atoms with Gasteiger partial charge in [0.1, 0.15) is 17.2 Å². The Hall–Kier alpha value is -3.49. The lowest BCUT2D eigenvalue weighted by atomic mass is 9.98. The first-order valence-corrected chi connectivity index (χ1v) is 9.10. The summed E-state index contributed by atoms with van der Waals surface area (Å²) in [6, 6.07) is 3.44. The lowest BCUT2D eigenvalue weighted by Crippen LogP contribution is -2.35. The highest BCUT2D eigenvalue weighted by molar-refractivity contribution is 5.90. The van der Waals surface area contributed by atoms with E-state index >= 15 is 0 Å². The van der Waals surface area contributed by atoms with E-state index in [0.29, 0.717) is 22.4 Å². The molecule has 3 N–H and O–H groups in total. The minimum absolute atomic E-state index is 0.0169. The zero-order valence-corrected chi connectivity index (χ0v) is 16.5. The van der Waals surface area contributed by atoms with Crippen molar-refractivity contribution in [3.63, 3.8) is 0 Å².